The van der Waals surface area contributed by atoms with E-state index in [1.54, 1.807) is 0 Å². The summed E-state index contributed by atoms with van der Waals surface area (Å²) in [6.07, 6.45) is 3.31. The van der Waals surface area contributed by atoms with Gasteiger partial charge in [0.15, 0.2) is 0 Å². The van der Waals surface area contributed by atoms with Crippen LogP contribution in [0.3, 0.4) is 0 Å². The highest BCUT2D eigenvalue weighted by atomic mass is 35.5. The van der Waals surface area contributed by atoms with Crippen molar-refractivity contribution in [1.82, 2.24) is 5.32 Å². The van der Waals surface area contributed by atoms with E-state index in [-0.39, 0.29) is 5.60 Å². The lowest BCUT2D eigenvalue weighted by Gasteiger charge is -2.36. The first kappa shape index (κ1) is 10.4. The van der Waals surface area contributed by atoms with Gasteiger partial charge in [-0.25, -0.2) is 0 Å². The van der Waals surface area contributed by atoms with Gasteiger partial charge in [0.25, 0.3) is 0 Å². The molecule has 3 heteroatoms. The lowest BCUT2D eigenvalue weighted by molar-refractivity contribution is 0.0656. The van der Waals surface area contributed by atoms with Crippen molar-refractivity contribution < 1.29 is 4.74 Å². The van der Waals surface area contributed by atoms with E-state index in [9.17, 15) is 0 Å². The predicted octanol–water partition coefficient (Wildman–Crippen LogP) is 2.71. The summed E-state index contributed by atoms with van der Waals surface area (Å²) in [6, 6.07) is 4.03. The average molecular weight is 238 g/mol. The van der Waals surface area contributed by atoms with Gasteiger partial charge in [0, 0.05) is 18.0 Å². The van der Waals surface area contributed by atoms with Crippen LogP contribution in [-0.4, -0.2) is 18.7 Å². The van der Waals surface area contributed by atoms with Gasteiger partial charge in [0.1, 0.15) is 11.4 Å². The van der Waals surface area contributed by atoms with Crippen LogP contribution in [0.15, 0.2) is 12.1 Å². The Morgan fingerprint density at radius 2 is 2.25 bits per heavy atom. The molecule has 0 aromatic heterocycles. The van der Waals surface area contributed by atoms with Crippen LogP contribution in [0, 0.1) is 6.92 Å². The number of ether oxygens (including phenoxy) is 1. The fourth-order valence-corrected chi connectivity index (χ4v) is 3.08. The first-order chi connectivity index (χ1) is 7.69. The van der Waals surface area contributed by atoms with Crippen molar-refractivity contribution in [2.75, 3.05) is 13.1 Å². The maximum Gasteiger partial charge on any atom is 0.126 e. The number of hydrogen-bond donors (Lipinski definition) is 1. The van der Waals surface area contributed by atoms with Crippen molar-refractivity contribution in [3.05, 3.63) is 28.3 Å². The Labute approximate surface area is 101 Å². The third-order valence-electron chi connectivity index (χ3n) is 3.69. The Kier molecular flexibility index (Phi) is 2.37. The molecular weight excluding hydrogens is 222 g/mol. The van der Waals surface area contributed by atoms with Crippen LogP contribution >= 0.6 is 11.6 Å². The zero-order valence-electron chi connectivity index (χ0n) is 9.48. The number of fused-ring (bicyclic) bond motifs is 1. The van der Waals surface area contributed by atoms with E-state index in [1.807, 2.05) is 12.1 Å². The quantitative estimate of drug-likeness (QED) is 0.749. The normalized spacial score (nSPS) is 27.9. The molecule has 1 aromatic carbocycles. The van der Waals surface area contributed by atoms with E-state index in [0.717, 1.165) is 48.7 Å². The van der Waals surface area contributed by atoms with Crippen LogP contribution in [0.4, 0.5) is 0 Å². The van der Waals surface area contributed by atoms with Gasteiger partial charge < -0.3 is 10.1 Å². The minimum Gasteiger partial charge on any atom is -0.485 e. The second-order valence-electron chi connectivity index (χ2n) is 4.92. The molecule has 3 rings (SSSR count). The topological polar surface area (TPSA) is 21.3 Å². The van der Waals surface area contributed by atoms with Crippen molar-refractivity contribution in [2.45, 2.75) is 31.8 Å². The van der Waals surface area contributed by atoms with Crippen LogP contribution in [0.5, 0.6) is 5.75 Å². The summed E-state index contributed by atoms with van der Waals surface area (Å²) in [4.78, 5) is 0. The molecule has 0 aliphatic carbocycles. The van der Waals surface area contributed by atoms with E-state index >= 15 is 0 Å². The maximum absolute atomic E-state index is 6.25. The monoisotopic (exact) mass is 237 g/mol. The Morgan fingerprint density at radius 1 is 1.38 bits per heavy atom. The van der Waals surface area contributed by atoms with Crippen molar-refractivity contribution in [1.29, 1.82) is 0 Å². The van der Waals surface area contributed by atoms with Crippen molar-refractivity contribution in [3.8, 4) is 5.75 Å². The number of rotatable bonds is 0. The van der Waals surface area contributed by atoms with Crippen molar-refractivity contribution >= 4 is 11.6 Å². The van der Waals surface area contributed by atoms with Crippen LogP contribution in [0.2, 0.25) is 5.02 Å². The largest absolute Gasteiger partial charge is 0.485 e. The van der Waals surface area contributed by atoms with Crippen LogP contribution in [-0.2, 0) is 6.42 Å². The molecule has 1 unspecified atom stereocenters. The van der Waals surface area contributed by atoms with Gasteiger partial charge in [-0.15, -0.1) is 0 Å². The van der Waals surface area contributed by atoms with Gasteiger partial charge in [0.05, 0.1) is 0 Å². The lowest BCUT2D eigenvalue weighted by Crippen LogP contribution is -2.41. The molecule has 2 heterocycles. The number of benzene rings is 1. The summed E-state index contributed by atoms with van der Waals surface area (Å²) in [5, 5.41) is 4.21. The Balaban J connectivity index is 1.99. The van der Waals surface area contributed by atoms with E-state index in [2.05, 4.69) is 12.2 Å². The number of aryl methyl sites for hydroxylation is 2. The average Bonchev–Trinajstić information content (AvgIpc) is 2.68. The van der Waals surface area contributed by atoms with Crippen molar-refractivity contribution in [2.24, 2.45) is 0 Å². The predicted molar refractivity (Wildman–Crippen MR) is 65.4 cm³/mol. The van der Waals surface area contributed by atoms with Gasteiger partial charge in [0.2, 0.25) is 0 Å². The fourth-order valence-electron chi connectivity index (χ4n) is 2.78. The van der Waals surface area contributed by atoms with E-state index in [4.69, 9.17) is 16.3 Å². The smallest absolute Gasteiger partial charge is 0.126 e. The molecule has 2 nitrogen and oxygen atoms in total. The summed E-state index contributed by atoms with van der Waals surface area (Å²) in [6.45, 7) is 4.13. The Morgan fingerprint density at radius 3 is 3.00 bits per heavy atom. The van der Waals surface area contributed by atoms with Crippen molar-refractivity contribution in [3.63, 3.8) is 0 Å². The van der Waals surface area contributed by atoms with E-state index in [0.29, 0.717) is 0 Å². The van der Waals surface area contributed by atoms with Gasteiger partial charge in [-0.05, 0) is 49.6 Å². The second-order valence-corrected chi connectivity index (χ2v) is 5.36. The van der Waals surface area contributed by atoms with Crippen LogP contribution in [0.1, 0.15) is 24.0 Å². The van der Waals surface area contributed by atoms with Crippen LogP contribution in [0.25, 0.3) is 0 Å². The Bertz CT molecular complexity index is 424. The third kappa shape index (κ3) is 1.61. The molecule has 1 aromatic rings. The fraction of sp³-hybridized carbons (Fsp3) is 0.538. The maximum atomic E-state index is 6.25. The first-order valence-electron chi connectivity index (χ1n) is 5.87. The third-order valence-corrected chi connectivity index (χ3v) is 3.91. The number of nitrogens with one attached hydrogen (secondary N) is 1. The summed E-state index contributed by atoms with van der Waals surface area (Å²) in [7, 11) is 0. The standard InChI is InChI=1S/C13H16ClNO/c1-9-6-11(14)7-10-2-3-13(16-12(9)10)4-5-15-8-13/h6-7,15H,2-5,8H2,1H3. The second kappa shape index (κ2) is 3.64. The minimum absolute atomic E-state index is 0.0472. The molecule has 0 saturated carbocycles. The molecule has 1 N–H and O–H groups in total. The zero-order valence-corrected chi connectivity index (χ0v) is 10.2. The lowest BCUT2D eigenvalue weighted by atomic mass is 9.89. The molecule has 1 saturated heterocycles. The highest BCUT2D eigenvalue weighted by Crippen LogP contribution is 2.39. The molecule has 2 aliphatic rings. The molecule has 86 valence electrons. The molecule has 16 heavy (non-hydrogen) atoms. The number of halogens is 1. The van der Waals surface area contributed by atoms with Crippen LogP contribution < -0.4 is 10.1 Å². The Hall–Kier alpha value is -0.730. The van der Waals surface area contributed by atoms with E-state index in [1.165, 1.54) is 5.56 Å². The summed E-state index contributed by atoms with van der Waals surface area (Å²) < 4.78 is 6.25. The van der Waals surface area contributed by atoms with Gasteiger partial charge >= 0.3 is 0 Å². The van der Waals surface area contributed by atoms with Gasteiger partial charge in [-0.2, -0.15) is 0 Å². The highest BCUT2D eigenvalue weighted by Gasteiger charge is 2.39. The molecular formula is C13H16ClNO. The molecule has 0 amide bonds. The first-order valence-corrected chi connectivity index (χ1v) is 6.25. The van der Waals surface area contributed by atoms with Gasteiger partial charge in [-0.1, -0.05) is 11.6 Å². The molecule has 0 radical (unpaired) electrons. The highest BCUT2D eigenvalue weighted by molar-refractivity contribution is 6.30. The molecule has 0 bridgehead atoms. The number of hydrogen-bond acceptors (Lipinski definition) is 2. The summed E-state index contributed by atoms with van der Waals surface area (Å²) >= 11 is 6.07. The minimum atomic E-state index is 0.0472. The van der Waals surface area contributed by atoms with Gasteiger partial charge in [-0.3, -0.25) is 0 Å². The molecule has 1 spiro atoms. The van der Waals surface area contributed by atoms with E-state index < -0.39 is 0 Å². The molecule has 1 fully saturated rings. The molecule has 1 atom stereocenters. The molecule has 2 aliphatic heterocycles. The SMILES string of the molecule is Cc1cc(Cl)cc2c1OC1(CCNC1)CC2. The summed E-state index contributed by atoms with van der Waals surface area (Å²) in [5.41, 5.74) is 2.47. The summed E-state index contributed by atoms with van der Waals surface area (Å²) in [5.74, 6) is 1.07. The zero-order chi connectivity index (χ0) is 11.2.